The van der Waals surface area contributed by atoms with Crippen LogP contribution in [0.25, 0.3) is 0 Å². The maximum absolute atomic E-state index is 12.1. The zero-order chi connectivity index (χ0) is 17.9. The van der Waals surface area contributed by atoms with Gasteiger partial charge in [0, 0.05) is 24.7 Å². The fourth-order valence-electron chi connectivity index (χ4n) is 2.60. The fourth-order valence-corrected chi connectivity index (χ4v) is 2.60. The molecular formula is C18H30N2O4. The molecule has 0 radical (unpaired) electrons. The largest absolute Gasteiger partial charge is 0.466 e. The molecule has 24 heavy (non-hydrogen) atoms. The third-order valence-corrected chi connectivity index (χ3v) is 4.03. The van der Waals surface area contributed by atoms with Gasteiger partial charge in [-0.1, -0.05) is 26.7 Å². The molecular weight excluding hydrogens is 308 g/mol. The summed E-state index contributed by atoms with van der Waals surface area (Å²) < 4.78 is 9.82. The van der Waals surface area contributed by atoms with Crippen molar-refractivity contribution < 1.29 is 19.1 Å². The topological polar surface area (TPSA) is 76.7 Å². The number of unbranched alkanes of at least 4 members (excludes halogenated alkanes) is 2. The van der Waals surface area contributed by atoms with Crippen LogP contribution >= 0.6 is 0 Å². The van der Waals surface area contributed by atoms with Crippen LogP contribution in [-0.2, 0) is 19.1 Å². The number of rotatable bonds is 10. The van der Waals surface area contributed by atoms with Gasteiger partial charge in [0.1, 0.15) is 0 Å². The summed E-state index contributed by atoms with van der Waals surface area (Å²) in [5.41, 5.74) is 1.76. The predicted molar refractivity (Wildman–Crippen MR) is 93.4 cm³/mol. The molecule has 2 N–H and O–H groups in total. The lowest BCUT2D eigenvalue weighted by atomic mass is 9.90. The first kappa shape index (κ1) is 20.2. The Morgan fingerprint density at radius 1 is 1.08 bits per heavy atom. The second kappa shape index (κ2) is 10.9. The van der Waals surface area contributed by atoms with Crippen LogP contribution < -0.4 is 10.6 Å². The molecule has 0 saturated carbocycles. The molecule has 6 heteroatoms. The van der Waals surface area contributed by atoms with E-state index < -0.39 is 0 Å². The lowest BCUT2D eigenvalue weighted by Gasteiger charge is -2.27. The molecule has 1 unspecified atom stereocenters. The van der Waals surface area contributed by atoms with E-state index in [4.69, 9.17) is 9.47 Å². The van der Waals surface area contributed by atoms with Gasteiger partial charge in [0.25, 0.3) is 0 Å². The summed E-state index contributed by atoms with van der Waals surface area (Å²) >= 11 is 0. The quantitative estimate of drug-likeness (QED) is 0.469. The van der Waals surface area contributed by atoms with E-state index in [0.717, 1.165) is 38.8 Å². The lowest BCUT2D eigenvalue weighted by Crippen LogP contribution is -2.39. The number of ether oxygens (including phenoxy) is 2. The highest BCUT2D eigenvalue weighted by molar-refractivity contribution is 5.95. The average molecular weight is 338 g/mol. The highest BCUT2D eigenvalue weighted by Gasteiger charge is 2.31. The van der Waals surface area contributed by atoms with E-state index in [9.17, 15) is 9.59 Å². The van der Waals surface area contributed by atoms with Crippen LogP contribution in [0, 0.1) is 0 Å². The van der Waals surface area contributed by atoms with Gasteiger partial charge in [0.15, 0.2) is 0 Å². The maximum Gasteiger partial charge on any atom is 0.335 e. The number of esters is 2. The summed E-state index contributed by atoms with van der Waals surface area (Å²) in [4.78, 5) is 24.3. The first-order chi connectivity index (χ1) is 11.6. The molecule has 1 rings (SSSR count). The zero-order valence-electron chi connectivity index (χ0n) is 15.2. The minimum Gasteiger partial charge on any atom is -0.466 e. The monoisotopic (exact) mass is 338 g/mol. The molecule has 136 valence electrons. The zero-order valence-corrected chi connectivity index (χ0v) is 15.2. The van der Waals surface area contributed by atoms with Gasteiger partial charge >= 0.3 is 11.9 Å². The molecule has 6 nitrogen and oxygen atoms in total. The van der Waals surface area contributed by atoms with Gasteiger partial charge in [0.05, 0.1) is 25.4 Å². The number of hydrogen-bond donors (Lipinski definition) is 2. The number of carbonyl (C=O) groups excluding carboxylic acids is 2. The molecule has 0 aliphatic heterocycles. The Hall–Kier alpha value is -1.82. The molecule has 0 spiro atoms. The van der Waals surface area contributed by atoms with Crippen molar-refractivity contribution in [2.24, 2.45) is 0 Å². The van der Waals surface area contributed by atoms with Crippen LogP contribution in [-0.4, -0.2) is 45.3 Å². The molecule has 0 saturated heterocycles. The molecule has 1 aliphatic rings. The van der Waals surface area contributed by atoms with E-state index in [1.54, 1.807) is 6.08 Å². The van der Waals surface area contributed by atoms with Crippen molar-refractivity contribution in [2.75, 3.05) is 27.3 Å². The number of carbonyl (C=O) groups is 2. The standard InChI is InChI=1S/C18H30N2O4/c1-5-7-9-19-15-11-14(18(22)24-4)16(20-10-8-6-2)12-13(15)17(21)23-3/h11,16,19-20H,5-10,12H2,1-4H3. The summed E-state index contributed by atoms with van der Waals surface area (Å²) in [6.45, 7) is 5.73. The van der Waals surface area contributed by atoms with Crippen molar-refractivity contribution in [1.82, 2.24) is 10.6 Å². The molecule has 0 bridgehead atoms. The number of nitrogens with one attached hydrogen (secondary N) is 2. The van der Waals surface area contributed by atoms with Gasteiger partial charge in [0.2, 0.25) is 0 Å². The van der Waals surface area contributed by atoms with E-state index in [2.05, 4.69) is 24.5 Å². The third-order valence-electron chi connectivity index (χ3n) is 4.03. The van der Waals surface area contributed by atoms with Gasteiger partial charge in [-0.15, -0.1) is 0 Å². The van der Waals surface area contributed by atoms with Gasteiger partial charge in [-0.2, -0.15) is 0 Å². The Bertz CT molecular complexity index is 497. The highest BCUT2D eigenvalue weighted by Crippen LogP contribution is 2.25. The van der Waals surface area contributed by atoms with E-state index in [1.165, 1.54) is 14.2 Å². The minimum absolute atomic E-state index is 0.241. The number of methoxy groups -OCH3 is 2. The molecule has 0 aromatic carbocycles. The van der Waals surface area contributed by atoms with Crippen molar-refractivity contribution in [2.45, 2.75) is 52.0 Å². The van der Waals surface area contributed by atoms with Crippen molar-refractivity contribution >= 4 is 11.9 Å². The number of hydrogen-bond acceptors (Lipinski definition) is 6. The SMILES string of the molecule is CCCCNC1=C(C(=O)OC)CC(NCCCC)C(C(=O)OC)=C1. The molecule has 0 heterocycles. The van der Waals surface area contributed by atoms with Crippen molar-refractivity contribution in [3.63, 3.8) is 0 Å². The Morgan fingerprint density at radius 3 is 2.29 bits per heavy atom. The molecule has 1 aliphatic carbocycles. The fraction of sp³-hybridized carbons (Fsp3) is 0.667. The third kappa shape index (κ3) is 5.67. The first-order valence-corrected chi connectivity index (χ1v) is 8.67. The van der Waals surface area contributed by atoms with Gasteiger partial charge in [-0.25, -0.2) is 9.59 Å². The second-order valence-corrected chi connectivity index (χ2v) is 5.82. The normalized spacial score (nSPS) is 17.3. The summed E-state index contributed by atoms with van der Waals surface area (Å²) in [5, 5.41) is 6.60. The smallest absolute Gasteiger partial charge is 0.335 e. The van der Waals surface area contributed by atoms with Crippen LogP contribution in [0.4, 0.5) is 0 Å². The highest BCUT2D eigenvalue weighted by atomic mass is 16.5. The van der Waals surface area contributed by atoms with Crippen LogP contribution in [0.1, 0.15) is 46.0 Å². The van der Waals surface area contributed by atoms with Crippen molar-refractivity contribution in [3.05, 3.63) is 22.9 Å². The molecule has 0 fully saturated rings. The molecule has 0 aromatic heterocycles. The number of allylic oxidation sites excluding steroid dienone is 1. The lowest BCUT2D eigenvalue weighted by molar-refractivity contribution is -0.138. The average Bonchev–Trinajstić information content (AvgIpc) is 2.61. The van der Waals surface area contributed by atoms with Gasteiger partial charge < -0.3 is 20.1 Å². The van der Waals surface area contributed by atoms with Crippen LogP contribution in [0.3, 0.4) is 0 Å². The van der Waals surface area contributed by atoms with Crippen molar-refractivity contribution in [3.8, 4) is 0 Å². The Morgan fingerprint density at radius 2 is 1.71 bits per heavy atom. The van der Waals surface area contributed by atoms with E-state index in [-0.39, 0.29) is 18.0 Å². The minimum atomic E-state index is -0.372. The van der Waals surface area contributed by atoms with Crippen LogP contribution in [0.15, 0.2) is 22.9 Å². The summed E-state index contributed by atoms with van der Waals surface area (Å²) in [6, 6.07) is -0.241. The molecule has 0 amide bonds. The summed E-state index contributed by atoms with van der Waals surface area (Å²) in [5.74, 6) is -0.737. The van der Waals surface area contributed by atoms with Crippen LogP contribution in [0.5, 0.6) is 0 Å². The summed E-state index contributed by atoms with van der Waals surface area (Å²) in [6.07, 6.45) is 6.22. The van der Waals surface area contributed by atoms with Crippen LogP contribution in [0.2, 0.25) is 0 Å². The van der Waals surface area contributed by atoms with Gasteiger partial charge in [-0.3, -0.25) is 0 Å². The second-order valence-electron chi connectivity index (χ2n) is 5.82. The maximum atomic E-state index is 12.1. The van der Waals surface area contributed by atoms with Crippen molar-refractivity contribution in [1.29, 1.82) is 0 Å². The first-order valence-electron chi connectivity index (χ1n) is 8.67. The Kier molecular flexibility index (Phi) is 9.15. The predicted octanol–water partition coefficient (Wildman–Crippen LogP) is 2.06. The van der Waals surface area contributed by atoms with E-state index >= 15 is 0 Å². The molecule has 1 atom stereocenters. The van der Waals surface area contributed by atoms with E-state index in [1.807, 2.05) is 0 Å². The van der Waals surface area contributed by atoms with Gasteiger partial charge in [-0.05, 0) is 25.5 Å². The molecule has 0 aromatic rings. The summed E-state index contributed by atoms with van der Waals surface area (Å²) in [7, 11) is 2.74. The Labute approximate surface area is 144 Å². The van der Waals surface area contributed by atoms with E-state index in [0.29, 0.717) is 23.3 Å². The Balaban J connectivity index is 3.06.